The maximum atomic E-state index is 13.5. The molecule has 0 aromatic rings. The number of nitrogens with zero attached hydrogens (tertiary/aromatic N) is 1. The van der Waals surface area contributed by atoms with Crippen LogP contribution in [-0.2, 0) is 27.9 Å². The molecule has 0 spiro atoms. The second-order valence-electron chi connectivity index (χ2n) is 19.5. The van der Waals surface area contributed by atoms with Gasteiger partial charge >= 0.3 is 13.8 Å². The molecule has 0 radical (unpaired) electrons. The Morgan fingerprint density at radius 1 is 0.537 bits per heavy atom. The number of ether oxygens (including phenoxy) is 1. The molecule has 0 aliphatic heterocycles. The van der Waals surface area contributed by atoms with Gasteiger partial charge in [-0.15, -0.1) is 0 Å². The van der Waals surface area contributed by atoms with Crippen LogP contribution < -0.4 is 5.32 Å². The number of quaternary nitrogens is 1. The summed E-state index contributed by atoms with van der Waals surface area (Å²) in [7, 11) is 1.46. The molecule has 388 valence electrons. The van der Waals surface area contributed by atoms with Crippen molar-refractivity contribution in [3.63, 3.8) is 0 Å². The fourth-order valence-corrected chi connectivity index (χ4v) is 8.19. The zero-order chi connectivity index (χ0) is 49.4. The SMILES string of the molecule is CC/C=C/C=C/C=C\CCCCCCCC(=O)OC(/C=C/CCCCCCCCCCCC)C(COP(=O)(O)OCC[N+](C)(C)C)NC(=O)CCCCC/C=C/C=C/CCCCCCCCC. The molecule has 10 heteroatoms. The fraction of sp³-hybridized carbons (Fsp3) is 0.754. The van der Waals surface area contributed by atoms with Crippen LogP contribution in [0.15, 0.2) is 72.9 Å². The highest BCUT2D eigenvalue weighted by Gasteiger charge is 2.30. The topological polar surface area (TPSA) is 111 Å². The monoisotopic (exact) mass is 960 g/mol. The number of likely N-dealkylation sites (N-methyl/N-ethyl adjacent to an activating group) is 1. The summed E-state index contributed by atoms with van der Waals surface area (Å²) >= 11 is 0. The minimum absolute atomic E-state index is 0.0290. The van der Waals surface area contributed by atoms with Gasteiger partial charge in [0.1, 0.15) is 19.3 Å². The Morgan fingerprint density at radius 3 is 1.45 bits per heavy atom. The molecule has 0 rings (SSSR count). The lowest BCUT2D eigenvalue weighted by atomic mass is 10.1. The van der Waals surface area contributed by atoms with Gasteiger partial charge < -0.3 is 19.4 Å². The molecule has 0 aliphatic carbocycles. The molecular formula is C57H104N2O7P+. The van der Waals surface area contributed by atoms with E-state index in [0.717, 1.165) is 83.5 Å². The number of nitrogens with one attached hydrogen (secondary N) is 1. The van der Waals surface area contributed by atoms with Gasteiger partial charge in [-0.05, 0) is 76.7 Å². The number of allylic oxidation sites excluding steroid dienone is 11. The third kappa shape index (κ3) is 48.3. The highest BCUT2D eigenvalue weighted by molar-refractivity contribution is 7.47. The Kier molecular flexibility index (Phi) is 45.3. The van der Waals surface area contributed by atoms with E-state index in [9.17, 15) is 19.0 Å². The summed E-state index contributed by atoms with van der Waals surface area (Å²) in [5, 5.41) is 3.02. The number of phosphoric ester groups is 1. The van der Waals surface area contributed by atoms with Crippen LogP contribution in [0.1, 0.15) is 226 Å². The van der Waals surface area contributed by atoms with Gasteiger partial charge in [-0.2, -0.15) is 0 Å². The summed E-state index contributed by atoms with van der Waals surface area (Å²) in [6.07, 6.45) is 59.0. The molecule has 3 atom stereocenters. The second-order valence-corrected chi connectivity index (χ2v) is 20.9. The number of rotatable bonds is 48. The van der Waals surface area contributed by atoms with E-state index >= 15 is 0 Å². The molecule has 0 bridgehead atoms. The van der Waals surface area contributed by atoms with Crippen LogP contribution in [0.25, 0.3) is 0 Å². The predicted octanol–water partition coefficient (Wildman–Crippen LogP) is 16.1. The first-order valence-electron chi connectivity index (χ1n) is 27.3. The fourth-order valence-electron chi connectivity index (χ4n) is 7.46. The zero-order valence-electron chi connectivity index (χ0n) is 44.1. The van der Waals surface area contributed by atoms with Gasteiger partial charge in [-0.3, -0.25) is 18.6 Å². The highest BCUT2D eigenvalue weighted by Crippen LogP contribution is 2.43. The quantitative estimate of drug-likeness (QED) is 0.0156. The van der Waals surface area contributed by atoms with Crippen LogP contribution in [0.5, 0.6) is 0 Å². The maximum Gasteiger partial charge on any atom is 0.472 e. The number of carbonyl (C=O) groups is 2. The standard InChI is InChI=1S/C57H103N2O7P/c1-7-10-13-16-19-22-25-28-29-30-32-34-37-40-43-46-49-56(60)58-54(53-65-67(62,63)64-52-51-59(4,5)6)55(48-45-42-39-36-33-27-24-21-18-15-12-9-3)66-57(61)50-47-44-41-38-35-31-26-23-20-17-14-11-8-2/h11,14,17,20,23,26,29-30,32,34,45,48,54-55H,7-10,12-13,15-16,18-19,21-22,24-25,27-28,31,33,35-44,46-47,49-53H2,1-6H3,(H-,58,60,62,63)/p+1/b14-11+,20-17+,26-23-,30-29+,34-32+,48-45+. The van der Waals surface area contributed by atoms with Gasteiger partial charge in [-0.25, -0.2) is 4.57 Å². The van der Waals surface area contributed by atoms with Crippen molar-refractivity contribution in [3.8, 4) is 0 Å². The van der Waals surface area contributed by atoms with Gasteiger partial charge in [0, 0.05) is 12.8 Å². The van der Waals surface area contributed by atoms with E-state index in [1.54, 1.807) is 0 Å². The third-order valence-electron chi connectivity index (χ3n) is 11.7. The van der Waals surface area contributed by atoms with E-state index in [-0.39, 0.29) is 31.5 Å². The smallest absolute Gasteiger partial charge is 0.456 e. The van der Waals surface area contributed by atoms with E-state index in [0.29, 0.717) is 30.3 Å². The van der Waals surface area contributed by atoms with Crippen molar-refractivity contribution in [1.29, 1.82) is 0 Å². The Bertz CT molecular complexity index is 1380. The molecule has 2 N–H and O–H groups in total. The molecule has 0 saturated heterocycles. The van der Waals surface area contributed by atoms with E-state index in [4.69, 9.17) is 13.8 Å². The molecule has 0 heterocycles. The van der Waals surface area contributed by atoms with Crippen molar-refractivity contribution in [3.05, 3.63) is 72.9 Å². The minimum atomic E-state index is -4.45. The van der Waals surface area contributed by atoms with E-state index < -0.39 is 20.0 Å². The first kappa shape index (κ1) is 64.5. The average Bonchev–Trinajstić information content (AvgIpc) is 3.28. The summed E-state index contributed by atoms with van der Waals surface area (Å²) in [6, 6.07) is -0.871. The lowest BCUT2D eigenvalue weighted by Gasteiger charge is -2.27. The summed E-state index contributed by atoms with van der Waals surface area (Å²) in [5.41, 5.74) is 0. The number of hydrogen-bond donors (Lipinski definition) is 2. The molecule has 1 amide bonds. The van der Waals surface area contributed by atoms with Crippen molar-refractivity contribution < 1.29 is 37.3 Å². The van der Waals surface area contributed by atoms with Crippen LogP contribution in [-0.4, -0.2) is 74.3 Å². The van der Waals surface area contributed by atoms with Crippen molar-refractivity contribution >= 4 is 19.7 Å². The van der Waals surface area contributed by atoms with Crippen molar-refractivity contribution in [2.45, 2.75) is 238 Å². The predicted molar refractivity (Wildman–Crippen MR) is 286 cm³/mol. The number of amides is 1. The van der Waals surface area contributed by atoms with Gasteiger partial charge in [0.2, 0.25) is 5.91 Å². The molecule has 0 aromatic heterocycles. The second kappa shape index (κ2) is 47.1. The van der Waals surface area contributed by atoms with Gasteiger partial charge in [0.25, 0.3) is 0 Å². The minimum Gasteiger partial charge on any atom is -0.456 e. The lowest BCUT2D eigenvalue weighted by molar-refractivity contribution is -0.870. The number of unbranched alkanes of at least 4 members (excludes halogenated alkanes) is 25. The highest BCUT2D eigenvalue weighted by atomic mass is 31.2. The number of carbonyl (C=O) groups excluding carboxylic acids is 2. The zero-order valence-corrected chi connectivity index (χ0v) is 45.0. The Morgan fingerprint density at radius 2 is 0.955 bits per heavy atom. The van der Waals surface area contributed by atoms with Crippen molar-refractivity contribution in [2.24, 2.45) is 0 Å². The lowest BCUT2D eigenvalue weighted by Crippen LogP contribution is -2.47. The molecule has 3 unspecified atom stereocenters. The Balaban J connectivity index is 5.47. The average molecular weight is 960 g/mol. The number of hydrogen-bond acceptors (Lipinski definition) is 6. The van der Waals surface area contributed by atoms with E-state index in [1.165, 1.54) is 96.3 Å². The van der Waals surface area contributed by atoms with Gasteiger partial charge in [0.05, 0.1) is 33.8 Å². The molecular weight excluding hydrogens is 856 g/mol. The first-order valence-corrected chi connectivity index (χ1v) is 28.8. The summed E-state index contributed by atoms with van der Waals surface area (Å²) < 4.78 is 30.5. The van der Waals surface area contributed by atoms with Gasteiger partial charge in [0.15, 0.2) is 0 Å². The van der Waals surface area contributed by atoms with E-state index in [1.807, 2.05) is 33.3 Å². The first-order chi connectivity index (χ1) is 32.4. The van der Waals surface area contributed by atoms with Crippen molar-refractivity contribution in [2.75, 3.05) is 40.9 Å². The summed E-state index contributed by atoms with van der Waals surface area (Å²) in [6.45, 7) is 6.82. The molecule has 0 saturated carbocycles. The summed E-state index contributed by atoms with van der Waals surface area (Å²) in [4.78, 5) is 37.5. The molecule has 0 aliphatic rings. The molecule has 0 fully saturated rings. The van der Waals surface area contributed by atoms with Crippen molar-refractivity contribution in [1.82, 2.24) is 5.32 Å². The van der Waals surface area contributed by atoms with Crippen LogP contribution in [0.2, 0.25) is 0 Å². The number of esters is 1. The molecule has 9 nitrogen and oxygen atoms in total. The van der Waals surface area contributed by atoms with Crippen LogP contribution >= 0.6 is 7.82 Å². The van der Waals surface area contributed by atoms with E-state index in [2.05, 4.69) is 86.8 Å². The van der Waals surface area contributed by atoms with Crippen LogP contribution in [0.3, 0.4) is 0 Å². The Labute approximate surface area is 413 Å². The normalized spacial score (nSPS) is 14.4. The van der Waals surface area contributed by atoms with Crippen LogP contribution in [0, 0.1) is 0 Å². The largest absolute Gasteiger partial charge is 0.472 e. The number of phosphoric acid groups is 1. The third-order valence-corrected chi connectivity index (χ3v) is 12.7. The van der Waals surface area contributed by atoms with Gasteiger partial charge in [-0.1, -0.05) is 210 Å². The molecule has 67 heavy (non-hydrogen) atoms. The van der Waals surface area contributed by atoms with Crippen LogP contribution in [0.4, 0.5) is 0 Å². The Hall–Kier alpha value is -2.55. The summed E-state index contributed by atoms with van der Waals surface area (Å²) in [5.74, 6) is -0.564. The molecule has 0 aromatic carbocycles. The maximum absolute atomic E-state index is 13.5.